The molecule has 4 atom stereocenters. The van der Waals surface area contributed by atoms with Gasteiger partial charge >= 0.3 is 5.97 Å². The second-order valence-electron chi connectivity index (χ2n) is 9.19. The monoisotopic (exact) mass is 465 g/mol. The lowest BCUT2D eigenvalue weighted by molar-refractivity contribution is -0.123. The molecule has 35 heavy (non-hydrogen) atoms. The minimum absolute atomic E-state index is 0.0867. The number of imide groups is 1. The predicted octanol–water partition coefficient (Wildman–Crippen LogP) is 4.80. The topological polar surface area (TPSA) is 72.9 Å². The third-order valence-corrected chi connectivity index (χ3v) is 7.11. The van der Waals surface area contributed by atoms with E-state index in [0.29, 0.717) is 29.4 Å². The Bertz CT molecular complexity index is 1280. The lowest BCUT2D eigenvalue weighted by Crippen LogP contribution is -2.32. The molecule has 3 aromatic rings. The van der Waals surface area contributed by atoms with Gasteiger partial charge in [0.1, 0.15) is 18.1 Å². The largest absolute Gasteiger partial charge is 0.489 e. The molecule has 6 heteroatoms. The molecule has 0 N–H and O–H groups in total. The highest BCUT2D eigenvalue weighted by atomic mass is 16.5. The Morgan fingerprint density at radius 1 is 0.771 bits per heavy atom. The van der Waals surface area contributed by atoms with E-state index in [1.54, 1.807) is 48.5 Å². The van der Waals surface area contributed by atoms with Crippen LogP contribution in [0.5, 0.6) is 11.5 Å². The zero-order valence-corrected chi connectivity index (χ0v) is 18.9. The molecule has 3 aromatic carbocycles. The minimum Gasteiger partial charge on any atom is -0.489 e. The number of benzene rings is 3. The molecule has 6 rings (SSSR count). The minimum atomic E-state index is -0.418. The Morgan fingerprint density at radius 3 is 2.03 bits per heavy atom. The van der Waals surface area contributed by atoms with Crippen molar-refractivity contribution < 1.29 is 23.9 Å². The Kier molecular flexibility index (Phi) is 5.21. The van der Waals surface area contributed by atoms with Crippen molar-refractivity contribution in [1.82, 2.24) is 0 Å². The number of hydrogen-bond donors (Lipinski definition) is 0. The Hall–Kier alpha value is -4.19. The van der Waals surface area contributed by atoms with Crippen molar-refractivity contribution in [2.75, 3.05) is 4.90 Å². The molecule has 0 radical (unpaired) electrons. The van der Waals surface area contributed by atoms with E-state index >= 15 is 0 Å². The molecule has 0 spiro atoms. The molecule has 0 aromatic heterocycles. The smallest absolute Gasteiger partial charge is 0.343 e. The first kappa shape index (κ1) is 21.4. The van der Waals surface area contributed by atoms with Crippen LogP contribution < -0.4 is 14.4 Å². The van der Waals surface area contributed by atoms with Crippen molar-refractivity contribution >= 4 is 23.5 Å². The number of hydrogen-bond acceptors (Lipinski definition) is 5. The number of esters is 1. The van der Waals surface area contributed by atoms with E-state index in [0.717, 1.165) is 12.0 Å². The zero-order chi connectivity index (χ0) is 23.9. The fourth-order valence-corrected chi connectivity index (χ4v) is 5.41. The molecule has 2 aliphatic carbocycles. The van der Waals surface area contributed by atoms with Gasteiger partial charge < -0.3 is 9.47 Å². The van der Waals surface area contributed by atoms with Crippen LogP contribution in [0.1, 0.15) is 22.3 Å². The molecule has 2 bridgehead atoms. The molecular formula is C29H23NO5. The lowest BCUT2D eigenvalue weighted by Gasteiger charge is -2.17. The maximum absolute atomic E-state index is 13.0. The summed E-state index contributed by atoms with van der Waals surface area (Å²) >= 11 is 0. The van der Waals surface area contributed by atoms with Crippen LogP contribution in [-0.2, 0) is 16.2 Å². The van der Waals surface area contributed by atoms with Crippen LogP contribution in [-0.4, -0.2) is 17.8 Å². The maximum atomic E-state index is 13.0. The van der Waals surface area contributed by atoms with Crippen LogP contribution in [0.25, 0.3) is 0 Å². The van der Waals surface area contributed by atoms with Crippen LogP contribution >= 0.6 is 0 Å². The number of rotatable bonds is 6. The van der Waals surface area contributed by atoms with Gasteiger partial charge in [-0.3, -0.25) is 14.5 Å². The third-order valence-electron chi connectivity index (χ3n) is 7.11. The Balaban J connectivity index is 1.07. The third kappa shape index (κ3) is 3.81. The average molecular weight is 466 g/mol. The van der Waals surface area contributed by atoms with E-state index < -0.39 is 5.97 Å². The summed E-state index contributed by atoms with van der Waals surface area (Å²) < 4.78 is 11.2. The van der Waals surface area contributed by atoms with Crippen LogP contribution in [0, 0.1) is 23.7 Å². The molecule has 1 saturated heterocycles. The van der Waals surface area contributed by atoms with E-state index in [1.807, 2.05) is 30.3 Å². The number of carbonyl (C=O) groups excluding carboxylic acids is 3. The summed E-state index contributed by atoms with van der Waals surface area (Å²) in [5.41, 5.74) is 1.93. The quantitative estimate of drug-likeness (QED) is 0.226. The van der Waals surface area contributed by atoms with Gasteiger partial charge in [0, 0.05) is 0 Å². The van der Waals surface area contributed by atoms with Gasteiger partial charge in [0.2, 0.25) is 11.8 Å². The van der Waals surface area contributed by atoms with Gasteiger partial charge in [0.15, 0.2) is 0 Å². The van der Waals surface area contributed by atoms with Crippen molar-refractivity contribution in [2.24, 2.45) is 23.7 Å². The zero-order valence-electron chi connectivity index (χ0n) is 18.9. The number of allylic oxidation sites excluding steroid dienone is 2. The van der Waals surface area contributed by atoms with Crippen LogP contribution in [0.2, 0.25) is 0 Å². The SMILES string of the molecule is O=C(Oc1ccccc1)c1ccc(COc2ccc(N3C(=O)[C@H]4[C@H](C3=O)[C@H]3C=C[C@H]4C3)cc2)cc1. The van der Waals surface area contributed by atoms with Gasteiger partial charge in [-0.05, 0) is 72.4 Å². The number of ether oxygens (including phenoxy) is 2. The second kappa shape index (κ2) is 8.55. The second-order valence-corrected chi connectivity index (χ2v) is 9.19. The van der Waals surface area contributed by atoms with Gasteiger partial charge in [-0.25, -0.2) is 4.79 Å². The first-order chi connectivity index (χ1) is 17.1. The fourth-order valence-electron chi connectivity index (χ4n) is 5.41. The first-order valence-corrected chi connectivity index (χ1v) is 11.7. The molecule has 3 aliphatic rings. The van der Waals surface area contributed by atoms with E-state index in [4.69, 9.17) is 9.47 Å². The van der Waals surface area contributed by atoms with Crippen molar-refractivity contribution in [1.29, 1.82) is 0 Å². The summed E-state index contributed by atoms with van der Waals surface area (Å²) in [6.07, 6.45) is 5.11. The van der Waals surface area contributed by atoms with E-state index in [-0.39, 0.29) is 35.5 Å². The van der Waals surface area contributed by atoms with Crippen molar-refractivity contribution in [3.63, 3.8) is 0 Å². The number of para-hydroxylation sites is 1. The Morgan fingerprint density at radius 2 is 1.40 bits per heavy atom. The Labute approximate surface area is 202 Å². The molecule has 1 heterocycles. The van der Waals surface area contributed by atoms with E-state index in [1.165, 1.54) is 4.90 Å². The molecule has 2 fully saturated rings. The summed E-state index contributed by atoms with van der Waals surface area (Å²) in [5.74, 6) is 0.510. The van der Waals surface area contributed by atoms with Crippen LogP contribution in [0.4, 0.5) is 5.69 Å². The van der Waals surface area contributed by atoms with Crippen molar-refractivity contribution in [2.45, 2.75) is 13.0 Å². The van der Waals surface area contributed by atoms with Gasteiger partial charge in [-0.2, -0.15) is 0 Å². The molecule has 0 unspecified atom stereocenters. The highest BCUT2D eigenvalue weighted by Gasteiger charge is 2.59. The van der Waals surface area contributed by atoms with Crippen molar-refractivity contribution in [3.8, 4) is 11.5 Å². The standard InChI is InChI=1S/C29H23NO5/c31-27-25-20-10-11-21(16-20)26(25)28(32)30(27)22-12-14-23(15-13-22)34-17-18-6-8-19(9-7-18)29(33)35-24-4-2-1-3-5-24/h1-15,20-21,25-26H,16-17H2/t20-,21-,25+,26+/m0/s1. The highest BCUT2D eigenvalue weighted by Crippen LogP contribution is 2.53. The number of anilines is 1. The molecular weight excluding hydrogens is 442 g/mol. The molecule has 2 amide bonds. The van der Waals surface area contributed by atoms with E-state index in [9.17, 15) is 14.4 Å². The van der Waals surface area contributed by atoms with Crippen LogP contribution in [0.3, 0.4) is 0 Å². The number of amides is 2. The van der Waals surface area contributed by atoms with E-state index in [2.05, 4.69) is 12.2 Å². The number of nitrogens with zero attached hydrogens (tertiary/aromatic N) is 1. The van der Waals surface area contributed by atoms with Gasteiger partial charge in [-0.15, -0.1) is 0 Å². The summed E-state index contributed by atoms with van der Waals surface area (Å²) in [4.78, 5) is 39.6. The average Bonchev–Trinajstić information content (AvgIpc) is 3.58. The molecule has 1 aliphatic heterocycles. The number of carbonyl (C=O) groups is 3. The summed E-state index contributed by atoms with van der Waals surface area (Å²) in [6.45, 7) is 0.314. The fraction of sp³-hybridized carbons (Fsp3) is 0.207. The lowest BCUT2D eigenvalue weighted by atomic mass is 9.85. The predicted molar refractivity (Wildman–Crippen MR) is 129 cm³/mol. The summed E-state index contributed by atoms with van der Waals surface area (Å²) in [7, 11) is 0. The highest BCUT2D eigenvalue weighted by molar-refractivity contribution is 6.22. The maximum Gasteiger partial charge on any atom is 0.343 e. The first-order valence-electron chi connectivity index (χ1n) is 11.7. The van der Waals surface area contributed by atoms with Crippen LogP contribution in [0.15, 0.2) is 91.0 Å². The van der Waals surface area contributed by atoms with Gasteiger partial charge in [0.05, 0.1) is 23.1 Å². The van der Waals surface area contributed by atoms with Gasteiger partial charge in [0.25, 0.3) is 0 Å². The molecule has 1 saturated carbocycles. The number of fused-ring (bicyclic) bond motifs is 5. The molecule has 6 nitrogen and oxygen atoms in total. The normalized spacial score (nSPS) is 24.1. The molecule has 174 valence electrons. The van der Waals surface area contributed by atoms with Gasteiger partial charge in [-0.1, -0.05) is 42.5 Å². The summed E-state index contributed by atoms with van der Waals surface area (Å²) in [6, 6.07) is 23.0. The van der Waals surface area contributed by atoms with Crippen molar-refractivity contribution in [3.05, 3.63) is 102 Å². The summed E-state index contributed by atoms with van der Waals surface area (Å²) in [5, 5.41) is 0.